The van der Waals surface area contributed by atoms with Crippen molar-refractivity contribution in [1.29, 1.82) is 0 Å². The van der Waals surface area contributed by atoms with Gasteiger partial charge in [-0.05, 0) is 25.3 Å². The summed E-state index contributed by atoms with van der Waals surface area (Å²) >= 11 is 0. The molecular formula is C14H22N2O2S. The summed E-state index contributed by atoms with van der Waals surface area (Å²) in [5.74, 6) is 0.0243. The number of benzene rings is 1. The van der Waals surface area contributed by atoms with E-state index in [2.05, 4.69) is 4.72 Å². The van der Waals surface area contributed by atoms with Crippen LogP contribution in [0.25, 0.3) is 0 Å². The molecule has 0 bridgehead atoms. The highest BCUT2D eigenvalue weighted by atomic mass is 32.2. The molecule has 2 atom stereocenters. The van der Waals surface area contributed by atoms with E-state index in [1.165, 1.54) is 0 Å². The molecule has 0 amide bonds. The molecule has 1 aliphatic carbocycles. The Kier molecular flexibility index (Phi) is 4.60. The molecular weight excluding hydrogens is 260 g/mol. The van der Waals surface area contributed by atoms with Gasteiger partial charge in [0.2, 0.25) is 10.0 Å². The molecule has 1 aromatic carbocycles. The van der Waals surface area contributed by atoms with Crippen LogP contribution in [0.3, 0.4) is 0 Å². The van der Waals surface area contributed by atoms with E-state index in [4.69, 9.17) is 5.73 Å². The van der Waals surface area contributed by atoms with Gasteiger partial charge in [0, 0.05) is 12.1 Å². The molecule has 106 valence electrons. The molecule has 2 rings (SSSR count). The van der Waals surface area contributed by atoms with Crippen LogP contribution in [0.5, 0.6) is 0 Å². The van der Waals surface area contributed by atoms with Crippen molar-refractivity contribution in [3.63, 3.8) is 0 Å². The summed E-state index contributed by atoms with van der Waals surface area (Å²) in [4.78, 5) is 0. The van der Waals surface area contributed by atoms with E-state index in [-0.39, 0.29) is 17.8 Å². The fourth-order valence-corrected chi connectivity index (χ4v) is 3.95. The summed E-state index contributed by atoms with van der Waals surface area (Å²) in [6.07, 6.45) is 3.88. The second-order valence-corrected chi connectivity index (χ2v) is 7.17. The number of nitrogens with one attached hydrogen (secondary N) is 1. The first-order valence-corrected chi connectivity index (χ1v) is 8.43. The molecule has 2 unspecified atom stereocenters. The monoisotopic (exact) mass is 282 g/mol. The number of hydrogen-bond donors (Lipinski definition) is 2. The molecule has 0 aliphatic heterocycles. The second kappa shape index (κ2) is 6.03. The predicted molar refractivity (Wildman–Crippen MR) is 77.2 cm³/mol. The van der Waals surface area contributed by atoms with Gasteiger partial charge in [0.25, 0.3) is 0 Å². The van der Waals surface area contributed by atoms with Crippen molar-refractivity contribution in [2.24, 2.45) is 5.73 Å². The third kappa shape index (κ3) is 4.30. The van der Waals surface area contributed by atoms with Gasteiger partial charge in [0.05, 0.1) is 5.75 Å². The molecule has 19 heavy (non-hydrogen) atoms. The van der Waals surface area contributed by atoms with Gasteiger partial charge < -0.3 is 5.73 Å². The fraction of sp³-hybridized carbons (Fsp3) is 0.571. The number of aryl methyl sites for hydroxylation is 1. The van der Waals surface area contributed by atoms with Gasteiger partial charge in [0.15, 0.2) is 0 Å². The number of hydrogen-bond acceptors (Lipinski definition) is 3. The van der Waals surface area contributed by atoms with Crippen LogP contribution in [0.4, 0.5) is 0 Å². The largest absolute Gasteiger partial charge is 0.326 e. The number of rotatable bonds is 4. The van der Waals surface area contributed by atoms with Crippen molar-refractivity contribution < 1.29 is 8.42 Å². The van der Waals surface area contributed by atoms with Crippen LogP contribution in [0, 0.1) is 6.92 Å². The minimum atomic E-state index is -3.31. The Morgan fingerprint density at radius 1 is 1.21 bits per heavy atom. The summed E-state index contributed by atoms with van der Waals surface area (Å²) in [5.41, 5.74) is 7.91. The average molecular weight is 282 g/mol. The Bertz CT molecular complexity index is 511. The van der Waals surface area contributed by atoms with E-state index < -0.39 is 10.0 Å². The zero-order valence-electron chi connectivity index (χ0n) is 11.3. The van der Waals surface area contributed by atoms with Crippen LogP contribution in [0.1, 0.15) is 36.8 Å². The molecule has 0 saturated heterocycles. The van der Waals surface area contributed by atoms with E-state index in [9.17, 15) is 8.42 Å². The van der Waals surface area contributed by atoms with Crippen LogP contribution in [-0.4, -0.2) is 20.5 Å². The van der Waals surface area contributed by atoms with Crippen LogP contribution in [0.2, 0.25) is 0 Å². The van der Waals surface area contributed by atoms with Gasteiger partial charge in [-0.25, -0.2) is 13.1 Å². The van der Waals surface area contributed by atoms with Gasteiger partial charge in [0.1, 0.15) is 0 Å². The SMILES string of the molecule is Cc1ccc(CS(=O)(=O)NC2CCCCC2N)cc1. The molecule has 0 heterocycles. The van der Waals surface area contributed by atoms with Crippen molar-refractivity contribution in [2.45, 2.75) is 50.4 Å². The lowest BCUT2D eigenvalue weighted by atomic mass is 9.92. The van der Waals surface area contributed by atoms with E-state index in [0.717, 1.165) is 36.8 Å². The highest BCUT2D eigenvalue weighted by Gasteiger charge is 2.26. The van der Waals surface area contributed by atoms with Crippen molar-refractivity contribution >= 4 is 10.0 Å². The molecule has 5 heteroatoms. The van der Waals surface area contributed by atoms with Gasteiger partial charge in [-0.3, -0.25) is 0 Å². The molecule has 1 aromatic rings. The Morgan fingerprint density at radius 2 is 1.84 bits per heavy atom. The molecule has 1 saturated carbocycles. The molecule has 0 aromatic heterocycles. The van der Waals surface area contributed by atoms with Crippen molar-refractivity contribution in [1.82, 2.24) is 4.72 Å². The minimum absolute atomic E-state index is 0.0243. The molecule has 1 fully saturated rings. The minimum Gasteiger partial charge on any atom is -0.326 e. The zero-order chi connectivity index (χ0) is 13.9. The maximum atomic E-state index is 12.1. The highest BCUT2D eigenvalue weighted by Crippen LogP contribution is 2.18. The average Bonchev–Trinajstić information content (AvgIpc) is 2.35. The third-order valence-corrected chi connectivity index (χ3v) is 5.00. The fourth-order valence-electron chi connectivity index (χ4n) is 2.48. The first-order valence-electron chi connectivity index (χ1n) is 6.77. The molecule has 4 nitrogen and oxygen atoms in total. The standard InChI is InChI=1S/C14H22N2O2S/c1-11-6-8-12(9-7-11)10-19(17,18)16-14-5-3-2-4-13(14)15/h6-9,13-14,16H,2-5,10,15H2,1H3. The maximum absolute atomic E-state index is 12.1. The van der Waals surface area contributed by atoms with Crippen LogP contribution in [0.15, 0.2) is 24.3 Å². The molecule has 1 aliphatic rings. The first-order chi connectivity index (χ1) is 8.96. The summed E-state index contributed by atoms with van der Waals surface area (Å²) in [7, 11) is -3.31. The summed E-state index contributed by atoms with van der Waals surface area (Å²) in [6.45, 7) is 1.98. The summed E-state index contributed by atoms with van der Waals surface area (Å²) in [5, 5.41) is 0. The first kappa shape index (κ1) is 14.5. The number of nitrogens with two attached hydrogens (primary N) is 1. The highest BCUT2D eigenvalue weighted by molar-refractivity contribution is 7.88. The van der Waals surface area contributed by atoms with Gasteiger partial charge >= 0.3 is 0 Å². The number of sulfonamides is 1. The lowest BCUT2D eigenvalue weighted by Crippen LogP contribution is -2.49. The maximum Gasteiger partial charge on any atom is 0.216 e. The van der Waals surface area contributed by atoms with Crippen LogP contribution >= 0.6 is 0 Å². The lowest BCUT2D eigenvalue weighted by molar-refractivity contribution is 0.361. The van der Waals surface area contributed by atoms with Crippen molar-refractivity contribution in [2.75, 3.05) is 0 Å². The van der Waals surface area contributed by atoms with Gasteiger partial charge in [-0.15, -0.1) is 0 Å². The molecule has 3 N–H and O–H groups in total. The van der Waals surface area contributed by atoms with E-state index in [1.807, 2.05) is 31.2 Å². The Balaban J connectivity index is 2.00. The molecule has 0 radical (unpaired) electrons. The second-order valence-electron chi connectivity index (χ2n) is 5.42. The Hall–Kier alpha value is -0.910. The summed E-state index contributed by atoms with van der Waals surface area (Å²) < 4.78 is 27.0. The Labute approximate surface area is 115 Å². The predicted octanol–water partition coefficient (Wildman–Crippen LogP) is 1.68. The van der Waals surface area contributed by atoms with Gasteiger partial charge in [-0.1, -0.05) is 42.7 Å². The Morgan fingerprint density at radius 3 is 2.47 bits per heavy atom. The van der Waals surface area contributed by atoms with Crippen molar-refractivity contribution in [3.8, 4) is 0 Å². The van der Waals surface area contributed by atoms with Crippen LogP contribution in [-0.2, 0) is 15.8 Å². The zero-order valence-corrected chi connectivity index (χ0v) is 12.1. The quantitative estimate of drug-likeness (QED) is 0.882. The molecule has 0 spiro atoms. The van der Waals surface area contributed by atoms with Gasteiger partial charge in [-0.2, -0.15) is 0 Å². The normalized spacial score (nSPS) is 24.3. The topological polar surface area (TPSA) is 72.2 Å². The van der Waals surface area contributed by atoms with Crippen molar-refractivity contribution in [3.05, 3.63) is 35.4 Å². The van der Waals surface area contributed by atoms with E-state index >= 15 is 0 Å². The lowest BCUT2D eigenvalue weighted by Gasteiger charge is -2.29. The smallest absolute Gasteiger partial charge is 0.216 e. The van der Waals surface area contributed by atoms with E-state index in [1.54, 1.807) is 0 Å². The van der Waals surface area contributed by atoms with E-state index in [0.29, 0.717) is 0 Å². The third-order valence-electron chi connectivity index (χ3n) is 3.63. The summed E-state index contributed by atoms with van der Waals surface area (Å²) in [6, 6.07) is 7.41. The van der Waals surface area contributed by atoms with Crippen LogP contribution < -0.4 is 10.5 Å².